The third kappa shape index (κ3) is 15.0. The highest BCUT2D eigenvalue weighted by Gasteiger charge is 2.20. The zero-order valence-electron chi connectivity index (χ0n) is 43.0. The van der Waals surface area contributed by atoms with Crippen LogP contribution in [0.15, 0.2) is 152 Å². The van der Waals surface area contributed by atoms with Crippen molar-refractivity contribution in [3.05, 3.63) is 248 Å². The van der Waals surface area contributed by atoms with Crippen molar-refractivity contribution in [3.63, 3.8) is 0 Å². The van der Waals surface area contributed by atoms with Crippen LogP contribution in [0.4, 0.5) is 0 Å². The number of benzene rings is 3. The number of aromatic hydroxyl groups is 1. The lowest BCUT2D eigenvalue weighted by Crippen LogP contribution is -2.12. The predicted molar refractivity (Wildman–Crippen MR) is 299 cm³/mol. The smallest absolute Gasteiger partial charge is 0.164 e. The third-order valence-corrected chi connectivity index (χ3v) is 13.1. The fraction of sp³-hybridized carbons (Fsp3) is 0.206. The van der Waals surface area contributed by atoms with Crippen LogP contribution in [0.3, 0.4) is 0 Å². The van der Waals surface area contributed by atoms with E-state index in [-0.39, 0.29) is 23.1 Å². The number of pyridine rings is 5. The lowest BCUT2D eigenvalue weighted by molar-refractivity contribution is 0.0963. The molecular weight excluding hydrogens is 951 g/mol. The predicted octanol–water partition coefficient (Wildman–Crippen LogP) is 11.8. The summed E-state index contributed by atoms with van der Waals surface area (Å²) < 4.78 is 0. The number of carbonyl (C=O) groups is 3. The molecule has 3 aromatic carbocycles. The van der Waals surface area contributed by atoms with Crippen molar-refractivity contribution in [2.75, 3.05) is 0 Å². The Balaban J connectivity index is 0.000000125. The van der Waals surface area contributed by atoms with Crippen LogP contribution >= 0.6 is 0 Å². The number of carbonyl (C=O) groups excluding carboxylic acids is 3. The van der Waals surface area contributed by atoms with Gasteiger partial charge >= 0.3 is 0 Å². The molecule has 0 atom stereocenters. The van der Waals surface area contributed by atoms with Crippen molar-refractivity contribution in [2.45, 2.75) is 90.4 Å². The van der Waals surface area contributed by atoms with Crippen LogP contribution in [-0.4, -0.2) is 47.4 Å². The number of hydrogen-bond acceptors (Lipinski definition) is 9. The van der Waals surface area contributed by atoms with Crippen LogP contribution in [0.1, 0.15) is 161 Å². The third-order valence-electron chi connectivity index (χ3n) is 13.1. The van der Waals surface area contributed by atoms with Crippen LogP contribution in [-0.2, 0) is 32.1 Å². The normalized spacial score (nSPS) is 13.3. The van der Waals surface area contributed by atoms with Gasteiger partial charge in [0, 0.05) is 76.3 Å². The van der Waals surface area contributed by atoms with Gasteiger partial charge in [0.2, 0.25) is 0 Å². The Morgan fingerprint density at radius 1 is 0.377 bits per heavy atom. The van der Waals surface area contributed by atoms with Gasteiger partial charge in [-0.15, -0.1) is 0 Å². The van der Waals surface area contributed by atoms with Crippen LogP contribution in [0.2, 0.25) is 0 Å². The van der Waals surface area contributed by atoms with E-state index < -0.39 is 0 Å². The highest BCUT2D eigenvalue weighted by atomic mass is 16.3. The first-order valence-corrected chi connectivity index (χ1v) is 26.2. The molecule has 0 amide bonds. The van der Waals surface area contributed by atoms with E-state index in [4.69, 9.17) is 0 Å². The number of rotatable bonds is 0. The summed E-state index contributed by atoms with van der Waals surface area (Å²) in [7, 11) is 0. The topological polar surface area (TPSA) is 136 Å². The number of nitrogens with zero attached hydrogens (tertiary/aromatic N) is 5. The first-order valence-electron chi connectivity index (χ1n) is 26.2. The number of ketones is 3. The number of Topliss-reactive ketones (excluding diaryl/α,β-unsaturated/α-hetero) is 3. The average Bonchev–Trinajstić information content (AvgIpc) is 3.47. The summed E-state index contributed by atoms with van der Waals surface area (Å²) >= 11 is 0. The number of fused-ring (bicyclic) bond motifs is 4. The van der Waals surface area contributed by atoms with Gasteiger partial charge in [-0.05, 0) is 203 Å². The van der Waals surface area contributed by atoms with Crippen molar-refractivity contribution in [3.8, 4) is 53.1 Å². The minimum Gasteiger partial charge on any atom is -0.508 e. The second kappa shape index (κ2) is 26.1. The van der Waals surface area contributed by atoms with Crippen molar-refractivity contribution in [2.24, 2.45) is 0 Å². The highest BCUT2D eigenvalue weighted by Crippen LogP contribution is 2.23. The molecule has 5 aromatic heterocycles. The first-order chi connectivity index (χ1) is 37.7. The zero-order valence-corrected chi connectivity index (χ0v) is 43.0. The Kier molecular flexibility index (Phi) is 17.7. The number of phenols is 1. The van der Waals surface area contributed by atoms with Crippen molar-refractivity contribution in [1.29, 1.82) is 0 Å². The molecule has 77 heavy (non-hydrogen) atoms. The van der Waals surface area contributed by atoms with Crippen molar-refractivity contribution >= 4 is 17.3 Å². The van der Waals surface area contributed by atoms with E-state index in [2.05, 4.69) is 84.4 Å². The molecule has 0 fully saturated rings. The van der Waals surface area contributed by atoms with E-state index in [1.54, 1.807) is 30.6 Å². The largest absolute Gasteiger partial charge is 0.508 e. The number of hydrogen-bond donors (Lipinski definition) is 1. The van der Waals surface area contributed by atoms with Gasteiger partial charge in [0.25, 0.3) is 0 Å². The van der Waals surface area contributed by atoms with Gasteiger partial charge in [0.1, 0.15) is 28.5 Å². The molecule has 0 saturated carbocycles. The fourth-order valence-electron chi connectivity index (χ4n) is 9.16. The second-order valence-electron chi connectivity index (χ2n) is 18.9. The quantitative estimate of drug-likeness (QED) is 0.147. The molecule has 5 heterocycles. The molecule has 0 saturated heterocycles. The van der Waals surface area contributed by atoms with Crippen molar-refractivity contribution < 1.29 is 19.5 Å². The second-order valence-corrected chi connectivity index (χ2v) is 18.9. The first kappa shape index (κ1) is 52.3. The van der Waals surface area contributed by atoms with Gasteiger partial charge in [0.05, 0.1) is 17.1 Å². The summed E-state index contributed by atoms with van der Waals surface area (Å²) in [6.45, 7) is 2.05. The minimum absolute atomic E-state index is 0.195. The molecule has 1 N–H and O–H groups in total. The summed E-state index contributed by atoms with van der Waals surface area (Å²) in [4.78, 5) is 57.2. The summed E-state index contributed by atoms with van der Waals surface area (Å²) in [5, 5.41) is 9.38. The van der Waals surface area contributed by atoms with Crippen LogP contribution in [0.5, 0.6) is 5.75 Å². The SMILES string of the molecule is Cc1cccc(C#Cc2ccc3c(n2)CCCC3=O)c1.O=C1CCCc2nc(C#Cc3ccccc3)ccc21.O=C1CCCc2nc(C#Cc3cccnc3)ccc21.Oc1cccc(C#Cc2ccc3c(n2)CCCC3)c1. The van der Waals surface area contributed by atoms with Gasteiger partial charge in [-0.25, -0.2) is 19.9 Å². The molecule has 376 valence electrons. The number of aryl methyl sites for hydroxylation is 6. The molecule has 0 aliphatic heterocycles. The monoisotopic (exact) mass is 1010 g/mol. The number of phenolic OH excluding ortho intramolecular Hbond substituents is 1. The zero-order chi connectivity index (χ0) is 53.2. The van der Waals surface area contributed by atoms with Gasteiger partial charge in [0.15, 0.2) is 17.3 Å². The van der Waals surface area contributed by atoms with Crippen LogP contribution in [0.25, 0.3) is 0 Å². The molecule has 8 aromatic rings. The van der Waals surface area contributed by atoms with Gasteiger partial charge in [-0.2, -0.15) is 0 Å². The lowest BCUT2D eigenvalue weighted by atomic mass is 9.94. The van der Waals surface area contributed by atoms with Gasteiger partial charge < -0.3 is 5.11 Å². The molecule has 12 rings (SSSR count). The van der Waals surface area contributed by atoms with Gasteiger partial charge in [-0.3, -0.25) is 19.4 Å². The molecule has 9 nitrogen and oxygen atoms in total. The minimum atomic E-state index is 0.195. The molecule has 4 aliphatic carbocycles. The van der Waals surface area contributed by atoms with E-state index in [1.807, 2.05) is 116 Å². The Labute approximate surface area is 450 Å². The molecule has 0 radical (unpaired) electrons. The summed E-state index contributed by atoms with van der Waals surface area (Å²) in [5.41, 5.74) is 15.4. The molecule has 9 heteroatoms. The Bertz CT molecular complexity index is 3620. The maximum Gasteiger partial charge on any atom is 0.164 e. The van der Waals surface area contributed by atoms with E-state index >= 15 is 0 Å². The van der Waals surface area contributed by atoms with E-state index in [1.165, 1.54) is 29.7 Å². The Hall–Kier alpha value is -9.54. The Morgan fingerprint density at radius 3 is 1.34 bits per heavy atom. The molecule has 0 bridgehead atoms. The summed E-state index contributed by atoms with van der Waals surface area (Å²) in [6.07, 6.45) is 15.4. The highest BCUT2D eigenvalue weighted by molar-refractivity contribution is 5.99. The van der Waals surface area contributed by atoms with Crippen molar-refractivity contribution in [1.82, 2.24) is 24.9 Å². The van der Waals surface area contributed by atoms with Gasteiger partial charge in [-0.1, -0.05) is 66.1 Å². The summed E-state index contributed by atoms with van der Waals surface area (Å²) in [6, 6.07) is 43.8. The van der Waals surface area contributed by atoms with E-state index in [0.717, 1.165) is 124 Å². The lowest BCUT2D eigenvalue weighted by Gasteiger charge is -2.13. The maximum atomic E-state index is 11.7. The number of aromatic nitrogens is 5. The molecule has 0 unspecified atom stereocenters. The standard InChI is InChI=1S/C18H15NO.C17H15NO.C17H13NO.C16H12N2O/c1-13-4-2-5-14(12-13)8-9-15-10-11-16-17(19-15)6-3-7-18(16)20;19-16-6-3-4-13(12-16)8-10-15-11-9-14-5-1-2-7-17(14)18-15;19-17-8-4-7-16-15(17)12-11-14(18-16)10-9-13-5-2-1-3-6-13;19-16-5-1-4-15-14(16)9-8-13(18-15)7-6-12-3-2-10-17-11-12/h2,4-5,10-12H,3,6-7H2,1H3;3-4,6,9,11-12,19H,1-2,5,7H2;1-3,5-6,11-12H,4,7-8H2;2-3,8-11H,1,4-5H2. The van der Waals surface area contributed by atoms with Crippen LogP contribution < -0.4 is 0 Å². The Morgan fingerprint density at radius 2 is 0.818 bits per heavy atom. The van der Waals surface area contributed by atoms with E-state index in [0.29, 0.717) is 25.0 Å². The molecular formula is C68H55N5O4. The molecule has 4 aliphatic rings. The van der Waals surface area contributed by atoms with E-state index in [9.17, 15) is 19.5 Å². The molecule has 0 spiro atoms. The summed E-state index contributed by atoms with van der Waals surface area (Å²) in [5.74, 6) is 25.3. The average molecular weight is 1010 g/mol. The fourth-order valence-corrected chi connectivity index (χ4v) is 9.16. The maximum absolute atomic E-state index is 11.7. The van der Waals surface area contributed by atoms with Crippen LogP contribution in [0, 0.1) is 54.3 Å².